The number of nitro groups is 1. The Labute approximate surface area is 91.6 Å². The monoisotopic (exact) mass is 225 g/mol. The van der Waals surface area contributed by atoms with Crippen molar-refractivity contribution in [3.05, 3.63) is 33.9 Å². The van der Waals surface area contributed by atoms with Crippen LogP contribution in [0.4, 0.5) is 5.69 Å². The molecule has 6 heteroatoms. The molecular weight excluding hydrogens is 214 g/mol. The lowest BCUT2D eigenvalue weighted by atomic mass is 10.1. The van der Waals surface area contributed by atoms with Crippen LogP contribution in [-0.2, 0) is 16.0 Å². The van der Waals surface area contributed by atoms with E-state index in [2.05, 4.69) is 4.74 Å². The highest BCUT2D eigenvalue weighted by molar-refractivity contribution is 5.74. The van der Waals surface area contributed by atoms with Gasteiger partial charge in [0.05, 0.1) is 18.0 Å². The third kappa shape index (κ3) is 2.69. The minimum absolute atomic E-state index is 0.179. The van der Waals surface area contributed by atoms with Crippen molar-refractivity contribution in [2.75, 3.05) is 6.61 Å². The maximum atomic E-state index is 11.1. The van der Waals surface area contributed by atoms with E-state index in [1.807, 2.05) is 0 Å². The number of benzene rings is 1. The zero-order valence-electron chi connectivity index (χ0n) is 8.67. The van der Waals surface area contributed by atoms with Crippen LogP contribution >= 0.6 is 0 Å². The summed E-state index contributed by atoms with van der Waals surface area (Å²) in [4.78, 5) is 21.0. The van der Waals surface area contributed by atoms with Gasteiger partial charge in [0.25, 0.3) is 0 Å². The first kappa shape index (κ1) is 12.0. The van der Waals surface area contributed by atoms with Gasteiger partial charge in [0.2, 0.25) is 0 Å². The molecule has 0 spiro atoms. The van der Waals surface area contributed by atoms with Crippen molar-refractivity contribution in [3.8, 4) is 5.75 Å². The van der Waals surface area contributed by atoms with Gasteiger partial charge in [-0.3, -0.25) is 14.9 Å². The molecule has 0 aliphatic rings. The number of rotatable bonds is 4. The summed E-state index contributed by atoms with van der Waals surface area (Å²) in [5, 5.41) is 20.0. The maximum Gasteiger partial charge on any atom is 0.311 e. The molecule has 1 aromatic rings. The Balaban J connectivity index is 2.93. The normalized spacial score (nSPS) is 9.81. The Bertz CT molecular complexity index is 416. The van der Waals surface area contributed by atoms with Crippen molar-refractivity contribution in [3.63, 3.8) is 0 Å². The molecule has 0 saturated heterocycles. The predicted molar refractivity (Wildman–Crippen MR) is 55.1 cm³/mol. The fraction of sp³-hybridized carbons (Fsp3) is 0.300. The summed E-state index contributed by atoms with van der Waals surface area (Å²) in [7, 11) is 0. The van der Waals surface area contributed by atoms with Gasteiger partial charge in [0.1, 0.15) is 0 Å². The maximum absolute atomic E-state index is 11.1. The Morgan fingerprint density at radius 1 is 1.56 bits per heavy atom. The summed E-state index contributed by atoms with van der Waals surface area (Å²) >= 11 is 0. The van der Waals surface area contributed by atoms with Crippen molar-refractivity contribution in [1.29, 1.82) is 0 Å². The molecular formula is C10H11NO5. The van der Waals surface area contributed by atoms with Crippen molar-refractivity contribution in [1.82, 2.24) is 0 Å². The smallest absolute Gasteiger partial charge is 0.311 e. The molecule has 0 fully saturated rings. The second-order valence-electron chi connectivity index (χ2n) is 3.02. The number of esters is 1. The fourth-order valence-electron chi connectivity index (χ4n) is 1.24. The molecule has 6 nitrogen and oxygen atoms in total. The van der Waals surface area contributed by atoms with E-state index >= 15 is 0 Å². The molecule has 0 aliphatic carbocycles. The average molecular weight is 225 g/mol. The van der Waals surface area contributed by atoms with E-state index in [4.69, 9.17) is 0 Å². The number of phenols is 1. The molecule has 0 aromatic heterocycles. The largest absolute Gasteiger partial charge is 0.502 e. The first-order chi connectivity index (χ1) is 7.56. The number of ether oxygens (including phenoxy) is 1. The second-order valence-corrected chi connectivity index (χ2v) is 3.02. The lowest BCUT2D eigenvalue weighted by molar-refractivity contribution is -0.385. The standard InChI is InChI=1S/C10H11NO5/c1-2-16-9(12)6-7-4-3-5-8(10(7)13)11(14)15/h3-5,13H,2,6H2,1H3. The number of hydrogen-bond acceptors (Lipinski definition) is 5. The fourth-order valence-corrected chi connectivity index (χ4v) is 1.24. The van der Waals surface area contributed by atoms with E-state index in [1.165, 1.54) is 18.2 Å². The van der Waals surface area contributed by atoms with Gasteiger partial charge in [-0.2, -0.15) is 0 Å². The van der Waals surface area contributed by atoms with Crippen LogP contribution in [0.5, 0.6) is 5.75 Å². The highest BCUT2D eigenvalue weighted by Crippen LogP contribution is 2.29. The van der Waals surface area contributed by atoms with Crippen LogP contribution in [0.3, 0.4) is 0 Å². The van der Waals surface area contributed by atoms with Gasteiger partial charge in [-0.25, -0.2) is 0 Å². The highest BCUT2D eigenvalue weighted by atomic mass is 16.6. The molecule has 0 atom stereocenters. The van der Waals surface area contributed by atoms with E-state index in [9.17, 15) is 20.0 Å². The molecule has 0 saturated carbocycles. The van der Waals surface area contributed by atoms with Crippen LogP contribution < -0.4 is 0 Å². The third-order valence-corrected chi connectivity index (χ3v) is 1.94. The molecule has 0 unspecified atom stereocenters. The summed E-state index contributed by atoms with van der Waals surface area (Å²) in [6, 6.07) is 4.02. The van der Waals surface area contributed by atoms with Gasteiger partial charge in [-0.1, -0.05) is 12.1 Å². The molecule has 0 heterocycles. The van der Waals surface area contributed by atoms with Gasteiger partial charge in [0, 0.05) is 11.6 Å². The van der Waals surface area contributed by atoms with E-state index in [0.717, 1.165) is 0 Å². The molecule has 1 aromatic carbocycles. The first-order valence-corrected chi connectivity index (χ1v) is 4.67. The number of carbonyl (C=O) groups excluding carboxylic acids is 1. The second kappa shape index (κ2) is 5.11. The first-order valence-electron chi connectivity index (χ1n) is 4.67. The molecule has 0 aliphatic heterocycles. The van der Waals surface area contributed by atoms with Crippen LogP contribution in [0.25, 0.3) is 0 Å². The van der Waals surface area contributed by atoms with Gasteiger partial charge in [-0.05, 0) is 6.92 Å². The van der Waals surface area contributed by atoms with Crippen molar-refractivity contribution in [2.45, 2.75) is 13.3 Å². The lowest BCUT2D eigenvalue weighted by Crippen LogP contribution is -2.07. The number of phenolic OH excluding ortho intramolecular Hbond substituents is 1. The van der Waals surface area contributed by atoms with Gasteiger partial charge < -0.3 is 9.84 Å². The quantitative estimate of drug-likeness (QED) is 0.475. The van der Waals surface area contributed by atoms with Crippen molar-refractivity contribution < 1.29 is 19.6 Å². The van der Waals surface area contributed by atoms with Crippen LogP contribution in [0.15, 0.2) is 18.2 Å². The van der Waals surface area contributed by atoms with Gasteiger partial charge >= 0.3 is 11.7 Å². The lowest BCUT2D eigenvalue weighted by Gasteiger charge is -2.04. The average Bonchev–Trinajstić information content (AvgIpc) is 2.21. The molecule has 1 N–H and O–H groups in total. The Morgan fingerprint density at radius 2 is 2.25 bits per heavy atom. The summed E-state index contributed by atoms with van der Waals surface area (Å²) < 4.78 is 4.68. The number of hydrogen-bond donors (Lipinski definition) is 1. The topological polar surface area (TPSA) is 89.7 Å². The van der Waals surface area contributed by atoms with Gasteiger partial charge in [-0.15, -0.1) is 0 Å². The number of aromatic hydroxyl groups is 1. The summed E-state index contributed by atoms with van der Waals surface area (Å²) in [5.74, 6) is -1.01. The Kier molecular flexibility index (Phi) is 3.82. The summed E-state index contributed by atoms with van der Waals surface area (Å²) in [6.07, 6.45) is -0.179. The van der Waals surface area contributed by atoms with E-state index in [0.29, 0.717) is 0 Å². The molecule has 16 heavy (non-hydrogen) atoms. The van der Waals surface area contributed by atoms with Crippen LogP contribution in [0.2, 0.25) is 0 Å². The van der Waals surface area contributed by atoms with E-state index in [1.54, 1.807) is 6.92 Å². The van der Waals surface area contributed by atoms with E-state index in [-0.39, 0.29) is 18.6 Å². The van der Waals surface area contributed by atoms with Crippen LogP contribution in [-0.4, -0.2) is 22.6 Å². The van der Waals surface area contributed by atoms with Crippen LogP contribution in [0, 0.1) is 10.1 Å². The highest BCUT2D eigenvalue weighted by Gasteiger charge is 2.18. The Hall–Kier alpha value is -2.11. The zero-order valence-corrected chi connectivity index (χ0v) is 8.67. The number of carbonyl (C=O) groups is 1. The third-order valence-electron chi connectivity index (χ3n) is 1.94. The minimum Gasteiger partial charge on any atom is -0.502 e. The van der Waals surface area contributed by atoms with Crippen molar-refractivity contribution >= 4 is 11.7 Å². The number of nitrogens with zero attached hydrogens (tertiary/aromatic N) is 1. The van der Waals surface area contributed by atoms with Crippen molar-refractivity contribution in [2.24, 2.45) is 0 Å². The number of para-hydroxylation sites is 1. The molecule has 86 valence electrons. The van der Waals surface area contributed by atoms with Gasteiger partial charge in [0.15, 0.2) is 5.75 Å². The summed E-state index contributed by atoms with van der Waals surface area (Å²) in [6.45, 7) is 1.89. The minimum atomic E-state index is -0.704. The Morgan fingerprint density at radius 3 is 2.81 bits per heavy atom. The SMILES string of the molecule is CCOC(=O)Cc1cccc([N+](=O)[O-])c1O. The zero-order chi connectivity index (χ0) is 12.1. The number of nitro benzene ring substituents is 1. The van der Waals surface area contributed by atoms with Crippen LogP contribution in [0.1, 0.15) is 12.5 Å². The molecule has 0 bridgehead atoms. The molecule has 1 rings (SSSR count). The molecule has 0 radical (unpaired) electrons. The summed E-state index contributed by atoms with van der Waals surface area (Å²) in [5.41, 5.74) is -0.227. The molecule has 0 amide bonds. The van der Waals surface area contributed by atoms with E-state index < -0.39 is 22.3 Å². The predicted octanol–water partition coefficient (Wildman–Crippen LogP) is 1.41.